The van der Waals surface area contributed by atoms with Gasteiger partial charge in [0.05, 0.1) is 19.3 Å². The minimum Gasteiger partial charge on any atom is -0.480 e. The van der Waals surface area contributed by atoms with Crippen molar-refractivity contribution in [2.75, 3.05) is 19.0 Å². The molecule has 1 aliphatic heterocycles. The Morgan fingerprint density at radius 1 is 1.43 bits per heavy atom. The van der Waals surface area contributed by atoms with Gasteiger partial charge in [-0.05, 0) is 37.8 Å². The maximum Gasteiger partial charge on any atom is 0.322 e. The molecular weight excluding hydrogens is 294 g/mol. The number of amides is 2. The number of rotatable bonds is 3. The van der Waals surface area contributed by atoms with Crippen LogP contribution in [0.1, 0.15) is 36.4 Å². The third-order valence-electron chi connectivity index (χ3n) is 4.09. The van der Waals surface area contributed by atoms with Crippen molar-refractivity contribution in [1.29, 1.82) is 0 Å². The highest BCUT2D eigenvalue weighted by Gasteiger charge is 2.29. The molecule has 0 radical (unpaired) electrons. The summed E-state index contributed by atoms with van der Waals surface area (Å²) in [6.45, 7) is 2.65. The summed E-state index contributed by atoms with van der Waals surface area (Å²) in [4.78, 5) is 18.8. The molecule has 0 aromatic carbocycles. The Hall–Kier alpha value is -2.57. The van der Waals surface area contributed by atoms with Crippen molar-refractivity contribution < 1.29 is 9.53 Å². The number of aryl methyl sites for hydroxylation is 1. The van der Waals surface area contributed by atoms with E-state index in [9.17, 15) is 4.79 Å². The van der Waals surface area contributed by atoms with Crippen molar-refractivity contribution in [1.82, 2.24) is 20.1 Å². The molecule has 7 nitrogen and oxygen atoms in total. The number of carbonyl (C=O) groups is 1. The first-order valence-corrected chi connectivity index (χ1v) is 7.76. The number of carbonyl (C=O) groups excluding carboxylic acids is 1. The number of hydrogen-bond donors (Lipinski definition) is 2. The second-order valence-electron chi connectivity index (χ2n) is 5.74. The van der Waals surface area contributed by atoms with E-state index in [2.05, 4.69) is 20.5 Å². The number of likely N-dealkylation sites (tertiary alicyclic amines) is 1. The molecule has 23 heavy (non-hydrogen) atoms. The zero-order valence-corrected chi connectivity index (χ0v) is 13.4. The molecule has 0 saturated carbocycles. The number of pyridine rings is 1. The number of nitrogens with zero attached hydrogens (tertiary/aromatic N) is 3. The Kier molecular flexibility index (Phi) is 4.45. The van der Waals surface area contributed by atoms with Crippen LogP contribution in [0, 0.1) is 6.92 Å². The van der Waals surface area contributed by atoms with E-state index in [1.165, 1.54) is 0 Å². The third-order valence-corrected chi connectivity index (χ3v) is 4.09. The molecule has 2 amide bonds. The molecule has 1 fully saturated rings. The lowest BCUT2D eigenvalue weighted by atomic mass is 9.98. The number of methoxy groups -OCH3 is 1. The molecule has 2 aromatic rings. The first-order chi connectivity index (χ1) is 11.2. The third kappa shape index (κ3) is 3.28. The predicted octanol–water partition coefficient (Wildman–Crippen LogP) is 2.88. The average molecular weight is 315 g/mol. The van der Waals surface area contributed by atoms with Gasteiger partial charge < -0.3 is 15.0 Å². The normalized spacial score (nSPS) is 17.8. The molecule has 0 bridgehead atoms. The molecular formula is C16H21N5O2. The summed E-state index contributed by atoms with van der Waals surface area (Å²) in [5, 5.41) is 9.76. The molecule has 3 heterocycles. The van der Waals surface area contributed by atoms with Gasteiger partial charge in [0, 0.05) is 24.5 Å². The highest BCUT2D eigenvalue weighted by atomic mass is 16.5. The summed E-state index contributed by atoms with van der Waals surface area (Å²) in [6.07, 6.45) is 8.40. The first-order valence-electron chi connectivity index (χ1n) is 7.76. The Balaban J connectivity index is 1.80. The van der Waals surface area contributed by atoms with Crippen LogP contribution < -0.4 is 10.1 Å². The van der Waals surface area contributed by atoms with Gasteiger partial charge in [0.1, 0.15) is 5.69 Å². The minimum atomic E-state index is -0.137. The molecule has 2 aromatic heterocycles. The van der Waals surface area contributed by atoms with Crippen molar-refractivity contribution >= 4 is 11.7 Å². The molecule has 1 aliphatic rings. The average Bonchev–Trinajstić information content (AvgIpc) is 3.09. The number of nitrogens with one attached hydrogen (secondary N) is 2. The van der Waals surface area contributed by atoms with Crippen molar-refractivity contribution in [2.45, 2.75) is 32.2 Å². The Morgan fingerprint density at radius 2 is 2.30 bits per heavy atom. The van der Waals surface area contributed by atoms with Gasteiger partial charge in [-0.1, -0.05) is 0 Å². The van der Waals surface area contributed by atoms with Crippen LogP contribution in [-0.2, 0) is 0 Å². The lowest BCUT2D eigenvalue weighted by molar-refractivity contribution is 0.163. The smallest absolute Gasteiger partial charge is 0.322 e. The van der Waals surface area contributed by atoms with Crippen LogP contribution in [0.25, 0.3) is 0 Å². The Labute approximate surface area is 135 Å². The van der Waals surface area contributed by atoms with Gasteiger partial charge in [-0.25, -0.2) is 9.78 Å². The first kappa shape index (κ1) is 15.3. The molecule has 3 rings (SSSR count). The van der Waals surface area contributed by atoms with Gasteiger partial charge in [0.15, 0.2) is 0 Å². The maximum absolute atomic E-state index is 12.8. The molecule has 2 N–H and O–H groups in total. The molecule has 1 saturated heterocycles. The van der Waals surface area contributed by atoms with E-state index in [-0.39, 0.29) is 12.1 Å². The summed E-state index contributed by atoms with van der Waals surface area (Å²) in [7, 11) is 1.54. The van der Waals surface area contributed by atoms with Crippen LogP contribution in [0.5, 0.6) is 5.88 Å². The lowest BCUT2D eigenvalue weighted by Gasteiger charge is -2.35. The zero-order chi connectivity index (χ0) is 16.2. The van der Waals surface area contributed by atoms with E-state index in [4.69, 9.17) is 4.74 Å². The molecule has 7 heteroatoms. The number of aromatic amines is 1. The van der Waals surface area contributed by atoms with Gasteiger partial charge in [-0.2, -0.15) is 5.10 Å². The fourth-order valence-corrected chi connectivity index (χ4v) is 2.96. The van der Waals surface area contributed by atoms with Gasteiger partial charge in [-0.3, -0.25) is 5.10 Å². The monoisotopic (exact) mass is 315 g/mol. The highest BCUT2D eigenvalue weighted by molar-refractivity contribution is 5.91. The molecule has 0 aliphatic carbocycles. The van der Waals surface area contributed by atoms with Crippen LogP contribution in [0.3, 0.4) is 0 Å². The SMILES string of the molecule is COc1ncc(C)cc1NC(=O)N1CCCCC1c1cn[nH]c1. The summed E-state index contributed by atoms with van der Waals surface area (Å²) in [5.41, 5.74) is 2.59. The second-order valence-corrected chi connectivity index (χ2v) is 5.74. The van der Waals surface area contributed by atoms with Gasteiger partial charge >= 0.3 is 6.03 Å². The quantitative estimate of drug-likeness (QED) is 0.912. The number of piperidine rings is 1. The van der Waals surface area contributed by atoms with Gasteiger partial charge in [-0.15, -0.1) is 0 Å². The second kappa shape index (κ2) is 6.68. The number of ether oxygens (including phenoxy) is 1. The van der Waals surface area contributed by atoms with Crippen LogP contribution in [0.15, 0.2) is 24.7 Å². The summed E-state index contributed by atoms with van der Waals surface area (Å²) in [5.74, 6) is 0.417. The van der Waals surface area contributed by atoms with Crippen molar-refractivity contribution in [3.8, 4) is 5.88 Å². The lowest BCUT2D eigenvalue weighted by Crippen LogP contribution is -2.41. The highest BCUT2D eigenvalue weighted by Crippen LogP contribution is 2.31. The molecule has 0 spiro atoms. The van der Waals surface area contributed by atoms with Gasteiger partial charge in [0.25, 0.3) is 0 Å². The zero-order valence-electron chi connectivity index (χ0n) is 13.4. The van der Waals surface area contributed by atoms with Crippen LogP contribution in [0.2, 0.25) is 0 Å². The fourth-order valence-electron chi connectivity index (χ4n) is 2.96. The van der Waals surface area contributed by atoms with E-state index in [1.54, 1.807) is 19.5 Å². The molecule has 1 atom stereocenters. The number of hydrogen-bond acceptors (Lipinski definition) is 4. The maximum atomic E-state index is 12.8. The summed E-state index contributed by atoms with van der Waals surface area (Å²) in [6, 6.07) is 1.77. The number of urea groups is 1. The largest absolute Gasteiger partial charge is 0.480 e. The van der Waals surface area contributed by atoms with E-state index in [1.807, 2.05) is 24.1 Å². The van der Waals surface area contributed by atoms with Crippen LogP contribution >= 0.6 is 0 Å². The summed E-state index contributed by atoms with van der Waals surface area (Å²) < 4.78 is 5.23. The minimum absolute atomic E-state index is 0.0475. The summed E-state index contributed by atoms with van der Waals surface area (Å²) >= 11 is 0. The van der Waals surface area contributed by atoms with Crippen molar-refractivity contribution in [3.05, 3.63) is 35.8 Å². The van der Waals surface area contributed by atoms with E-state index >= 15 is 0 Å². The number of anilines is 1. The van der Waals surface area contributed by atoms with E-state index in [0.717, 1.165) is 36.9 Å². The fraction of sp³-hybridized carbons (Fsp3) is 0.438. The van der Waals surface area contributed by atoms with Gasteiger partial charge in [0.2, 0.25) is 5.88 Å². The standard InChI is InChI=1S/C16H21N5O2/c1-11-7-13(15(23-2)17-8-11)20-16(22)21-6-4-3-5-14(21)12-9-18-19-10-12/h7-10,14H,3-6H2,1-2H3,(H,18,19)(H,20,22). The van der Waals surface area contributed by atoms with E-state index < -0.39 is 0 Å². The number of H-pyrrole nitrogens is 1. The molecule has 1 unspecified atom stereocenters. The van der Waals surface area contributed by atoms with Crippen molar-refractivity contribution in [3.63, 3.8) is 0 Å². The Morgan fingerprint density at radius 3 is 3.04 bits per heavy atom. The predicted molar refractivity (Wildman–Crippen MR) is 86.4 cm³/mol. The molecule has 122 valence electrons. The van der Waals surface area contributed by atoms with Crippen molar-refractivity contribution in [2.24, 2.45) is 0 Å². The topological polar surface area (TPSA) is 83.1 Å². The van der Waals surface area contributed by atoms with E-state index in [0.29, 0.717) is 11.6 Å². The van der Waals surface area contributed by atoms with Crippen LogP contribution in [0.4, 0.5) is 10.5 Å². The van der Waals surface area contributed by atoms with Crippen LogP contribution in [-0.4, -0.2) is 39.8 Å². The Bertz CT molecular complexity index is 671. The number of aromatic nitrogens is 3.